The van der Waals surface area contributed by atoms with Gasteiger partial charge in [-0.1, -0.05) is 0 Å². The molecule has 0 aromatic rings. The average molecular weight is 212 g/mol. The first-order valence-corrected chi connectivity index (χ1v) is 4.63. The van der Waals surface area contributed by atoms with Crippen LogP contribution in [0.15, 0.2) is 0 Å². The largest absolute Gasteiger partial charge is 1.00 e. The van der Waals surface area contributed by atoms with Gasteiger partial charge in [-0.05, 0) is 0 Å². The first-order valence-electron chi connectivity index (χ1n) is 1.63. The smallest absolute Gasteiger partial charge is 0.757 e. The minimum absolute atomic E-state index is 0. The summed E-state index contributed by atoms with van der Waals surface area (Å²) in [5, 5.41) is 7.62. The second-order valence-electron chi connectivity index (χ2n) is 0.962. The van der Waals surface area contributed by atoms with Crippen molar-refractivity contribution in [2.45, 2.75) is 0 Å². The molecule has 7 nitrogen and oxygen atoms in total. The van der Waals surface area contributed by atoms with Gasteiger partial charge < -0.3 is 13.8 Å². The number of hydrogen-bond donors (Lipinski definition) is 1. The first-order chi connectivity index (χ1) is 4.36. The minimum Gasteiger partial charge on any atom is -0.757 e. The Hall–Kier alpha value is 0.330. The molecule has 0 bridgehead atoms. The van der Waals surface area contributed by atoms with E-state index in [0.717, 1.165) is 0 Å². The molecule has 11 heavy (non-hydrogen) atoms. The molecule has 1 unspecified atom stereocenters. The van der Waals surface area contributed by atoms with Crippen molar-refractivity contribution in [1.82, 2.24) is 0 Å². The molecule has 0 aliphatic carbocycles. The van der Waals surface area contributed by atoms with Crippen molar-refractivity contribution in [3.05, 3.63) is 0 Å². The Morgan fingerprint density at radius 2 is 1.91 bits per heavy atom. The quantitative estimate of drug-likeness (QED) is 0.280. The van der Waals surface area contributed by atoms with Crippen molar-refractivity contribution in [3.63, 3.8) is 0 Å². The Morgan fingerprint density at radius 3 is 2.00 bits per heavy atom. The van der Waals surface area contributed by atoms with E-state index in [9.17, 15) is 22.0 Å². The molecule has 1 N–H and O–H groups in total. The molecule has 0 amide bonds. The van der Waals surface area contributed by atoms with Gasteiger partial charge in [0, 0.05) is 0 Å². The molecular formula is CHNaO7S2. The molecule has 0 rings (SSSR count). The SMILES string of the molecule is O=C(O)OS(=O)(=O)S(=O)[O-].[Na+]. The van der Waals surface area contributed by atoms with Crippen LogP contribution in [0.25, 0.3) is 0 Å². The second-order valence-corrected chi connectivity index (χ2v) is 4.39. The van der Waals surface area contributed by atoms with E-state index in [-0.39, 0.29) is 29.6 Å². The van der Waals surface area contributed by atoms with E-state index < -0.39 is 25.4 Å². The molecule has 0 spiro atoms. The summed E-state index contributed by atoms with van der Waals surface area (Å²) in [5.41, 5.74) is 0. The van der Waals surface area contributed by atoms with Crippen LogP contribution >= 0.6 is 0 Å². The molecule has 0 radical (unpaired) electrons. The van der Waals surface area contributed by atoms with E-state index in [4.69, 9.17) is 5.11 Å². The molecule has 0 aromatic carbocycles. The van der Waals surface area contributed by atoms with Gasteiger partial charge in [-0.2, -0.15) is 8.42 Å². The van der Waals surface area contributed by atoms with E-state index in [0.29, 0.717) is 0 Å². The Bertz CT molecular complexity index is 252. The van der Waals surface area contributed by atoms with Crippen LogP contribution in [0.2, 0.25) is 0 Å². The summed E-state index contributed by atoms with van der Waals surface area (Å²) in [4.78, 5) is 9.44. The summed E-state index contributed by atoms with van der Waals surface area (Å²) < 4.78 is 42.0. The third-order valence-electron chi connectivity index (χ3n) is 0.340. The average Bonchev–Trinajstić information content (AvgIpc) is 1.60. The normalized spacial score (nSPS) is 12.8. The van der Waals surface area contributed by atoms with Crippen LogP contribution in [-0.2, 0) is 23.4 Å². The Balaban J connectivity index is 0. The summed E-state index contributed by atoms with van der Waals surface area (Å²) >= 11 is 0. The van der Waals surface area contributed by atoms with Crippen LogP contribution in [-0.4, -0.2) is 28.4 Å². The maximum absolute atomic E-state index is 9.93. The Labute approximate surface area is 85.8 Å². The van der Waals surface area contributed by atoms with Gasteiger partial charge in [-0.15, -0.1) is 0 Å². The fourth-order valence-corrected chi connectivity index (χ4v) is 0.687. The van der Waals surface area contributed by atoms with Gasteiger partial charge >= 0.3 is 44.9 Å². The van der Waals surface area contributed by atoms with Gasteiger partial charge in [0.25, 0.3) is 0 Å². The fraction of sp³-hybridized carbons (Fsp3) is 0. The van der Waals surface area contributed by atoms with Gasteiger partial charge in [0.15, 0.2) is 0 Å². The van der Waals surface area contributed by atoms with Crippen LogP contribution in [0, 0.1) is 0 Å². The van der Waals surface area contributed by atoms with Crippen molar-refractivity contribution in [3.8, 4) is 0 Å². The molecule has 0 fully saturated rings. The zero-order chi connectivity index (χ0) is 8.36. The molecule has 0 aliphatic heterocycles. The van der Waals surface area contributed by atoms with Crippen LogP contribution in [0.3, 0.4) is 0 Å². The van der Waals surface area contributed by atoms with Crippen LogP contribution in [0.4, 0.5) is 4.79 Å². The molecule has 10 heteroatoms. The van der Waals surface area contributed by atoms with Gasteiger partial charge in [0.2, 0.25) is 0 Å². The monoisotopic (exact) mass is 212 g/mol. The molecule has 60 valence electrons. The molecule has 0 heterocycles. The molecular weight excluding hydrogens is 211 g/mol. The summed E-state index contributed by atoms with van der Waals surface area (Å²) in [6.45, 7) is 0. The molecule has 0 saturated carbocycles. The second kappa shape index (κ2) is 5.06. The van der Waals surface area contributed by atoms with Crippen molar-refractivity contribution < 1.29 is 60.8 Å². The predicted molar refractivity (Wildman–Crippen MR) is 26.9 cm³/mol. The Kier molecular flexibility index (Phi) is 6.39. The maximum atomic E-state index is 9.93. The van der Waals surface area contributed by atoms with Crippen molar-refractivity contribution in [2.75, 3.05) is 0 Å². The van der Waals surface area contributed by atoms with E-state index in [1.54, 1.807) is 0 Å². The number of carbonyl (C=O) groups is 1. The van der Waals surface area contributed by atoms with Crippen molar-refractivity contribution >= 4 is 25.4 Å². The number of carboxylic acid groups (broad SMARTS) is 1. The van der Waals surface area contributed by atoms with Crippen LogP contribution in [0.5, 0.6) is 0 Å². The van der Waals surface area contributed by atoms with Gasteiger partial charge in [0.1, 0.15) is 10.1 Å². The van der Waals surface area contributed by atoms with Gasteiger partial charge in [-0.3, -0.25) is 4.21 Å². The van der Waals surface area contributed by atoms with E-state index in [1.807, 2.05) is 0 Å². The summed E-state index contributed by atoms with van der Waals surface area (Å²) in [5.74, 6) is 0. The van der Waals surface area contributed by atoms with E-state index >= 15 is 0 Å². The van der Waals surface area contributed by atoms with E-state index in [1.165, 1.54) is 0 Å². The maximum Gasteiger partial charge on any atom is 1.00 e. The molecule has 0 aromatic heterocycles. The number of hydrogen-bond acceptors (Lipinski definition) is 6. The Morgan fingerprint density at radius 1 is 1.55 bits per heavy atom. The topological polar surface area (TPSA) is 121 Å². The summed E-state index contributed by atoms with van der Waals surface area (Å²) in [7, 11) is -8.56. The van der Waals surface area contributed by atoms with Crippen LogP contribution < -0.4 is 29.6 Å². The fourth-order valence-electron chi connectivity index (χ4n) is 0.115. The third-order valence-corrected chi connectivity index (χ3v) is 2.22. The van der Waals surface area contributed by atoms with Crippen LogP contribution in [0.1, 0.15) is 0 Å². The summed E-state index contributed by atoms with van der Waals surface area (Å²) in [6, 6.07) is 0. The van der Waals surface area contributed by atoms with Crippen molar-refractivity contribution in [1.29, 1.82) is 0 Å². The summed E-state index contributed by atoms with van der Waals surface area (Å²) in [6.07, 6.45) is -2.19. The standard InChI is InChI=1S/CH2O7S2.Na/c2-1(3)8-10(6,7)9(4)5;/h(H,2,3)(H,4,5);/q;+1/p-1. The van der Waals surface area contributed by atoms with Gasteiger partial charge in [0.05, 0.1) is 0 Å². The van der Waals surface area contributed by atoms with Gasteiger partial charge in [-0.25, -0.2) is 4.79 Å². The molecule has 1 atom stereocenters. The zero-order valence-corrected chi connectivity index (χ0v) is 8.85. The van der Waals surface area contributed by atoms with E-state index in [2.05, 4.69) is 4.18 Å². The minimum atomic E-state index is -4.98. The van der Waals surface area contributed by atoms with Crippen molar-refractivity contribution in [2.24, 2.45) is 0 Å². The number of rotatable bonds is 2. The predicted octanol–water partition coefficient (Wildman–Crippen LogP) is -4.19. The first kappa shape index (κ1) is 13.9. The molecule has 0 aliphatic rings. The zero-order valence-electron chi connectivity index (χ0n) is 5.21. The third kappa shape index (κ3) is 5.58. The molecule has 0 saturated heterocycles.